The Labute approximate surface area is 395 Å². The Balaban J connectivity index is 1.10. The van der Waals surface area contributed by atoms with E-state index in [-0.39, 0.29) is 0 Å². The SMILES string of the molecule is c1ccc(N(c2ccc3c(c2)C2(c4ccccc4Oc4ccccc42)c2c-3c3ccccc3c3cc(N(c4ccccc4)c4cccc5ccccc45)ccc23)c2cccc3ccccc23)cc1. The summed E-state index contributed by atoms with van der Waals surface area (Å²) < 4.78 is 6.92. The Hall–Kier alpha value is -8.92. The van der Waals surface area contributed by atoms with Crippen LogP contribution < -0.4 is 14.5 Å². The monoisotopic (exact) mass is 866 g/mol. The number of rotatable bonds is 6. The highest BCUT2D eigenvalue weighted by Crippen LogP contribution is 2.65. The van der Waals surface area contributed by atoms with Gasteiger partial charge in [0.2, 0.25) is 0 Å². The summed E-state index contributed by atoms with van der Waals surface area (Å²) in [5.41, 5.74) is 13.2. The van der Waals surface area contributed by atoms with Crippen molar-refractivity contribution in [2.45, 2.75) is 5.41 Å². The van der Waals surface area contributed by atoms with Crippen LogP contribution in [-0.4, -0.2) is 0 Å². The summed E-state index contributed by atoms with van der Waals surface area (Å²) in [7, 11) is 0. The van der Waals surface area contributed by atoms with Crippen LogP contribution in [0.5, 0.6) is 11.5 Å². The third-order valence-electron chi connectivity index (χ3n) is 14.4. The lowest BCUT2D eigenvalue weighted by molar-refractivity contribution is 0.437. The molecule has 0 amide bonds. The average molecular weight is 867 g/mol. The molecule has 0 aromatic heterocycles. The van der Waals surface area contributed by atoms with Crippen molar-refractivity contribution in [2.75, 3.05) is 9.80 Å². The molecule has 0 fully saturated rings. The van der Waals surface area contributed by atoms with Gasteiger partial charge in [0.15, 0.2) is 0 Å². The second kappa shape index (κ2) is 15.1. The highest BCUT2D eigenvalue weighted by molar-refractivity contribution is 6.20. The first kappa shape index (κ1) is 38.4. The number of anilines is 6. The van der Waals surface area contributed by atoms with Gasteiger partial charge in [-0.15, -0.1) is 0 Å². The van der Waals surface area contributed by atoms with E-state index in [1.165, 1.54) is 65.3 Å². The second-order valence-electron chi connectivity index (χ2n) is 17.9. The summed E-state index contributed by atoms with van der Waals surface area (Å²) >= 11 is 0. The summed E-state index contributed by atoms with van der Waals surface area (Å²) in [6, 6.07) is 93.1. The van der Waals surface area contributed by atoms with E-state index in [4.69, 9.17) is 4.74 Å². The zero-order chi connectivity index (χ0) is 44.8. The maximum atomic E-state index is 6.92. The van der Waals surface area contributed by atoms with Gasteiger partial charge in [-0.05, 0) is 127 Å². The lowest BCUT2D eigenvalue weighted by Gasteiger charge is -2.40. The zero-order valence-electron chi connectivity index (χ0n) is 37.1. The number of ether oxygens (including phenoxy) is 1. The third kappa shape index (κ3) is 5.54. The number of para-hydroxylation sites is 4. The molecule has 3 nitrogen and oxygen atoms in total. The van der Waals surface area contributed by atoms with Gasteiger partial charge in [-0.1, -0.05) is 182 Å². The Morgan fingerprint density at radius 1 is 0.294 bits per heavy atom. The molecule has 0 saturated heterocycles. The van der Waals surface area contributed by atoms with E-state index in [1.54, 1.807) is 0 Å². The molecule has 68 heavy (non-hydrogen) atoms. The fraction of sp³-hybridized carbons (Fsp3) is 0.0154. The van der Waals surface area contributed by atoms with Crippen molar-refractivity contribution in [1.82, 2.24) is 0 Å². The molecule has 0 unspecified atom stereocenters. The van der Waals surface area contributed by atoms with Gasteiger partial charge >= 0.3 is 0 Å². The van der Waals surface area contributed by atoms with Gasteiger partial charge in [-0.25, -0.2) is 0 Å². The molecule has 1 aliphatic heterocycles. The van der Waals surface area contributed by atoms with Crippen LogP contribution >= 0.6 is 0 Å². The smallest absolute Gasteiger partial charge is 0.132 e. The van der Waals surface area contributed by atoms with Crippen molar-refractivity contribution in [3.05, 3.63) is 277 Å². The number of nitrogens with zero attached hydrogens (tertiary/aromatic N) is 2. The van der Waals surface area contributed by atoms with Gasteiger partial charge in [0.05, 0.1) is 16.8 Å². The molecule has 0 bridgehead atoms. The minimum atomic E-state index is -0.744. The van der Waals surface area contributed by atoms with E-state index in [0.717, 1.165) is 56.8 Å². The maximum absolute atomic E-state index is 6.92. The van der Waals surface area contributed by atoms with Crippen LogP contribution in [0.15, 0.2) is 255 Å². The first-order valence-corrected chi connectivity index (χ1v) is 23.4. The molecule has 12 aromatic rings. The maximum Gasteiger partial charge on any atom is 0.132 e. The first-order valence-electron chi connectivity index (χ1n) is 23.4. The van der Waals surface area contributed by atoms with Crippen molar-refractivity contribution < 1.29 is 4.74 Å². The van der Waals surface area contributed by atoms with Gasteiger partial charge in [-0.2, -0.15) is 0 Å². The van der Waals surface area contributed by atoms with Crippen LogP contribution in [0.3, 0.4) is 0 Å². The average Bonchev–Trinajstić information content (AvgIpc) is 3.70. The van der Waals surface area contributed by atoms with E-state index in [2.05, 4.69) is 265 Å². The summed E-state index contributed by atoms with van der Waals surface area (Å²) in [6.45, 7) is 0. The Bertz CT molecular complexity index is 3920. The van der Waals surface area contributed by atoms with Crippen molar-refractivity contribution in [3.63, 3.8) is 0 Å². The standard InChI is InChI=1S/C65H42N2O/c1-3-23-45(24-4-1)66(59-33-17-21-43-19-7-9-27-49(43)59)47-37-39-53-55(41-47)51-29-11-12-30-52(51)63-54-40-38-48(67(46-25-5-2-6-26-46)60-34-18-22-44-20-8-10-28-50(44)60)42-58(54)65(64(53)63)56-31-13-15-35-61(56)68-62-36-16-14-32-57(62)65/h1-42H. The summed E-state index contributed by atoms with van der Waals surface area (Å²) in [5.74, 6) is 1.74. The molecule has 1 spiro atoms. The molecule has 3 heteroatoms. The Kier molecular flexibility index (Phi) is 8.50. The molecule has 0 radical (unpaired) electrons. The van der Waals surface area contributed by atoms with E-state index < -0.39 is 5.41 Å². The van der Waals surface area contributed by atoms with Crippen molar-refractivity contribution in [2.24, 2.45) is 0 Å². The summed E-state index contributed by atoms with van der Waals surface area (Å²) in [6.07, 6.45) is 0. The predicted octanol–water partition coefficient (Wildman–Crippen LogP) is 17.7. The van der Waals surface area contributed by atoms with Crippen LogP contribution in [0.4, 0.5) is 34.1 Å². The van der Waals surface area contributed by atoms with Gasteiger partial charge in [0, 0.05) is 44.6 Å². The van der Waals surface area contributed by atoms with Gasteiger partial charge < -0.3 is 14.5 Å². The van der Waals surface area contributed by atoms with Crippen molar-refractivity contribution >= 4 is 77.2 Å². The van der Waals surface area contributed by atoms with Gasteiger partial charge in [0.25, 0.3) is 0 Å². The molecule has 0 N–H and O–H groups in total. The number of fused-ring (bicyclic) bond motifs is 16. The fourth-order valence-electron chi connectivity index (χ4n) is 11.7. The molecular weight excluding hydrogens is 825 g/mol. The van der Waals surface area contributed by atoms with E-state index in [9.17, 15) is 0 Å². The van der Waals surface area contributed by atoms with Crippen LogP contribution in [0.2, 0.25) is 0 Å². The highest BCUT2D eigenvalue weighted by Gasteiger charge is 2.53. The van der Waals surface area contributed by atoms with Gasteiger partial charge in [0.1, 0.15) is 11.5 Å². The molecule has 1 heterocycles. The van der Waals surface area contributed by atoms with Crippen LogP contribution in [-0.2, 0) is 5.41 Å². The lowest BCUT2D eigenvalue weighted by Crippen LogP contribution is -2.32. The molecule has 12 aromatic carbocycles. The predicted molar refractivity (Wildman–Crippen MR) is 283 cm³/mol. The van der Waals surface area contributed by atoms with Crippen molar-refractivity contribution in [1.29, 1.82) is 0 Å². The summed E-state index contributed by atoms with van der Waals surface area (Å²) in [4.78, 5) is 4.86. The third-order valence-corrected chi connectivity index (χ3v) is 14.4. The Morgan fingerprint density at radius 3 is 1.37 bits per heavy atom. The van der Waals surface area contributed by atoms with Crippen molar-refractivity contribution in [3.8, 4) is 22.6 Å². The van der Waals surface area contributed by atoms with E-state index in [0.29, 0.717) is 0 Å². The minimum Gasteiger partial charge on any atom is -0.457 e. The molecule has 318 valence electrons. The zero-order valence-corrected chi connectivity index (χ0v) is 37.1. The topological polar surface area (TPSA) is 15.7 Å². The molecule has 0 saturated carbocycles. The normalized spacial score (nSPS) is 12.9. The second-order valence-corrected chi connectivity index (χ2v) is 17.9. The molecule has 1 aliphatic carbocycles. The van der Waals surface area contributed by atoms with E-state index in [1.807, 2.05) is 0 Å². The largest absolute Gasteiger partial charge is 0.457 e. The fourth-order valence-corrected chi connectivity index (χ4v) is 11.7. The number of benzene rings is 12. The quantitative estimate of drug-likeness (QED) is 0.155. The molecule has 14 rings (SSSR count). The van der Waals surface area contributed by atoms with E-state index >= 15 is 0 Å². The summed E-state index contributed by atoms with van der Waals surface area (Å²) in [5, 5.41) is 9.66. The number of hydrogen-bond acceptors (Lipinski definition) is 3. The number of hydrogen-bond donors (Lipinski definition) is 0. The van der Waals surface area contributed by atoms with Crippen LogP contribution in [0.1, 0.15) is 22.3 Å². The minimum absolute atomic E-state index is 0.744. The molecular formula is C65H42N2O. The first-order chi connectivity index (χ1) is 33.8. The Morgan fingerprint density at radius 2 is 0.765 bits per heavy atom. The van der Waals surface area contributed by atoms with Crippen LogP contribution in [0, 0.1) is 0 Å². The molecule has 2 aliphatic rings. The van der Waals surface area contributed by atoms with Crippen LogP contribution in [0.25, 0.3) is 54.2 Å². The highest BCUT2D eigenvalue weighted by atomic mass is 16.5. The van der Waals surface area contributed by atoms with Gasteiger partial charge in [-0.3, -0.25) is 0 Å². The molecule has 0 atom stereocenters. The lowest BCUT2D eigenvalue weighted by atomic mass is 9.65.